The van der Waals surface area contributed by atoms with Crippen molar-refractivity contribution in [2.75, 3.05) is 0 Å². The van der Waals surface area contributed by atoms with Crippen LogP contribution in [0.25, 0.3) is 0 Å². The van der Waals surface area contributed by atoms with Gasteiger partial charge in [-0.25, -0.2) is 0 Å². The number of hydrogen-bond donors (Lipinski definition) is 0. The van der Waals surface area contributed by atoms with Gasteiger partial charge in [0.25, 0.3) is 0 Å². The number of hydrogen-bond acceptors (Lipinski definition) is 1. The molecule has 1 atom stereocenters. The molecular weight excluding hydrogens is 366 g/mol. The fraction of sp³-hybridized carbons (Fsp3) is 0.750. The highest BCUT2D eigenvalue weighted by molar-refractivity contribution is 9.13. The van der Waals surface area contributed by atoms with E-state index in [1.165, 1.54) is 0 Å². The van der Waals surface area contributed by atoms with Crippen molar-refractivity contribution in [2.24, 2.45) is 0 Å². The largest absolute Gasteiger partial charge is 0.281 e. The molecule has 0 fully saturated rings. The number of carbonyl (C=O) groups is 1. The summed E-state index contributed by atoms with van der Waals surface area (Å²) in [5.74, 6) is 0. The highest BCUT2D eigenvalue weighted by Gasteiger charge is 2.45. The Morgan fingerprint density at radius 2 is 1.64 bits per heavy atom. The molecule has 66 valence electrons. The van der Waals surface area contributed by atoms with Crippen molar-refractivity contribution in [1.29, 1.82) is 0 Å². The summed E-state index contributed by atoms with van der Waals surface area (Å²) < 4.78 is -2.73. The monoisotopic (exact) mass is 364 g/mol. The Hall–Kier alpha value is 1.79. The molecule has 0 aliphatic heterocycles. The van der Waals surface area contributed by atoms with Crippen molar-refractivity contribution in [3.05, 3.63) is 0 Å². The fourth-order valence-corrected chi connectivity index (χ4v) is 1.35. The lowest BCUT2D eigenvalue weighted by atomic mass is 10.3. The van der Waals surface area contributed by atoms with Gasteiger partial charge in [-0.2, -0.15) is 0 Å². The zero-order valence-electron chi connectivity index (χ0n) is 4.88. The minimum atomic E-state index is -1.44. The molecule has 11 heavy (non-hydrogen) atoms. The molecule has 0 aromatic heterocycles. The number of halogens is 6. The lowest BCUT2D eigenvalue weighted by Gasteiger charge is -2.26. The molecule has 1 nitrogen and oxygen atoms in total. The van der Waals surface area contributed by atoms with E-state index in [0.29, 0.717) is 0 Å². The molecule has 0 saturated carbocycles. The predicted molar refractivity (Wildman–Crippen MR) is 56.4 cm³/mol. The van der Waals surface area contributed by atoms with E-state index in [1.807, 2.05) is 0 Å². The van der Waals surface area contributed by atoms with Crippen molar-refractivity contribution in [1.82, 2.24) is 0 Å². The minimum absolute atomic E-state index is 0.186. The zero-order valence-corrected chi connectivity index (χ0v) is 11.1. The molecule has 1 unspecified atom stereocenters. The number of rotatable bonds is 3. The van der Waals surface area contributed by atoms with Crippen LogP contribution in [-0.2, 0) is 4.79 Å². The van der Waals surface area contributed by atoms with Crippen molar-refractivity contribution < 1.29 is 4.79 Å². The van der Waals surface area contributed by atoms with Gasteiger partial charge in [0.05, 0.1) is 6.42 Å². The molecule has 7 heteroatoms. The van der Waals surface area contributed by atoms with E-state index >= 15 is 0 Å². The predicted octanol–water partition coefficient (Wildman–Crippen LogP) is 4.00. The third-order valence-electron chi connectivity index (χ3n) is 0.776. The first-order valence-corrected chi connectivity index (χ1v) is 5.39. The van der Waals surface area contributed by atoms with E-state index in [0.717, 1.165) is 0 Å². The summed E-state index contributed by atoms with van der Waals surface area (Å²) in [5, 5.41) is -0.623. The van der Waals surface area contributed by atoms with Gasteiger partial charge in [0.2, 0.25) is 8.49 Å². The molecule has 0 aliphatic rings. The first-order valence-electron chi connectivity index (χ1n) is 2.30. The summed E-state index contributed by atoms with van der Waals surface area (Å²) >= 11 is 27.7. The maximum Gasteiger partial charge on any atom is 0.224 e. The zero-order chi connectivity index (χ0) is 9.28. The van der Waals surface area contributed by atoms with Crippen LogP contribution in [0.5, 0.6) is 0 Å². The average molecular weight is 368 g/mol. The van der Waals surface area contributed by atoms with Gasteiger partial charge >= 0.3 is 0 Å². The van der Waals surface area contributed by atoms with Crippen molar-refractivity contribution in [2.45, 2.75) is 13.4 Å². The van der Waals surface area contributed by atoms with Crippen LogP contribution in [0.15, 0.2) is 0 Å². The average Bonchev–Trinajstić information content (AvgIpc) is 1.56. The number of alkyl halides is 5. The second-order valence-electron chi connectivity index (χ2n) is 1.73. The van der Waals surface area contributed by atoms with E-state index in [4.69, 9.17) is 46.4 Å². The van der Waals surface area contributed by atoms with E-state index < -0.39 is 12.3 Å². The molecule has 0 heterocycles. The molecule has 0 saturated heterocycles. The minimum Gasteiger partial charge on any atom is -0.281 e. The Balaban J connectivity index is 4.34. The number of carbonyl (C=O) groups excluding carboxylic acids is 1. The normalized spacial score (nSPS) is 17.6. The molecule has 0 aromatic rings. The van der Waals surface area contributed by atoms with Gasteiger partial charge in [0.15, 0.2) is 0 Å². The van der Waals surface area contributed by atoms with E-state index in [9.17, 15) is 4.79 Å². The second-order valence-corrected chi connectivity index (χ2v) is 8.04. The third kappa shape index (κ3) is 4.53. The molecular formula is C4H2Br2Cl4O. The topological polar surface area (TPSA) is 17.1 Å². The van der Waals surface area contributed by atoms with Crippen molar-refractivity contribution >= 4 is 83.5 Å². The highest BCUT2D eigenvalue weighted by Crippen LogP contribution is 2.50. The molecule has 0 N–H and O–H groups in total. The standard InChI is InChI=1S/C4H2Br2Cl4O/c5-3(8,1-2(7)11)4(6,9)10/h1H2. The van der Waals surface area contributed by atoms with Crippen LogP contribution in [0.2, 0.25) is 0 Å². The summed E-state index contributed by atoms with van der Waals surface area (Å²) in [7, 11) is 0. The Morgan fingerprint density at radius 3 is 1.73 bits per heavy atom. The Kier molecular flexibility index (Phi) is 5.04. The van der Waals surface area contributed by atoms with Gasteiger partial charge in [-0.3, -0.25) is 4.79 Å². The summed E-state index contributed by atoms with van der Waals surface area (Å²) in [6, 6.07) is 0. The van der Waals surface area contributed by atoms with E-state index in [-0.39, 0.29) is 6.42 Å². The van der Waals surface area contributed by atoms with Crippen LogP contribution in [-0.4, -0.2) is 12.3 Å². The first kappa shape index (κ1) is 12.8. The quantitative estimate of drug-likeness (QED) is 0.544. The van der Waals surface area contributed by atoms with Crippen LogP contribution in [0.4, 0.5) is 0 Å². The molecule has 0 rings (SSSR count). The Morgan fingerprint density at radius 1 is 1.27 bits per heavy atom. The maximum atomic E-state index is 10.4. The molecule has 0 aromatic carbocycles. The molecule has 0 radical (unpaired) electrons. The molecule has 0 amide bonds. The van der Waals surface area contributed by atoms with Gasteiger partial charge in [-0.05, 0) is 27.5 Å². The highest BCUT2D eigenvalue weighted by atomic mass is 79.9. The van der Waals surface area contributed by atoms with Gasteiger partial charge in [0, 0.05) is 0 Å². The van der Waals surface area contributed by atoms with Crippen LogP contribution < -0.4 is 0 Å². The lowest BCUT2D eigenvalue weighted by molar-refractivity contribution is -0.111. The van der Waals surface area contributed by atoms with Gasteiger partial charge in [-0.15, -0.1) is 11.6 Å². The summed E-state index contributed by atoms with van der Waals surface area (Å²) in [5.41, 5.74) is 0. The van der Waals surface area contributed by atoms with E-state index in [1.54, 1.807) is 0 Å². The second kappa shape index (κ2) is 4.34. The summed E-state index contributed by atoms with van der Waals surface area (Å²) in [6.45, 7) is 0. The van der Waals surface area contributed by atoms with Crippen LogP contribution in [0.3, 0.4) is 0 Å². The van der Waals surface area contributed by atoms with Crippen LogP contribution >= 0.6 is 78.3 Å². The lowest BCUT2D eigenvalue weighted by Crippen LogP contribution is -2.31. The smallest absolute Gasteiger partial charge is 0.224 e. The van der Waals surface area contributed by atoms with Gasteiger partial charge in [-0.1, -0.05) is 39.1 Å². The van der Waals surface area contributed by atoms with Gasteiger partial charge < -0.3 is 0 Å². The fourth-order valence-electron chi connectivity index (χ4n) is 0.275. The summed E-state index contributed by atoms with van der Waals surface area (Å²) in [6.07, 6.45) is -0.186. The molecule has 0 aliphatic carbocycles. The molecule has 0 bridgehead atoms. The van der Waals surface area contributed by atoms with Crippen LogP contribution in [0.1, 0.15) is 6.42 Å². The Labute approximate surface area is 101 Å². The van der Waals surface area contributed by atoms with Gasteiger partial charge in [0.1, 0.15) is 3.78 Å². The van der Waals surface area contributed by atoms with E-state index in [2.05, 4.69) is 31.9 Å². The summed E-state index contributed by atoms with van der Waals surface area (Å²) in [4.78, 5) is 10.4. The van der Waals surface area contributed by atoms with Crippen molar-refractivity contribution in [3.63, 3.8) is 0 Å². The van der Waals surface area contributed by atoms with Crippen molar-refractivity contribution in [3.8, 4) is 0 Å². The molecule has 0 spiro atoms. The third-order valence-corrected chi connectivity index (χ3v) is 4.93. The maximum absolute atomic E-state index is 10.4. The first-order chi connectivity index (χ1) is 4.67. The SMILES string of the molecule is O=C(Cl)CC(Cl)(Br)C(Cl)(Cl)Br. The van der Waals surface area contributed by atoms with Crippen LogP contribution in [0, 0.1) is 0 Å². The Bertz CT molecular complexity index is 164.